The van der Waals surface area contributed by atoms with Crippen LogP contribution in [-0.4, -0.2) is 15.7 Å². The average Bonchev–Trinajstić information content (AvgIpc) is 3.12. The summed E-state index contributed by atoms with van der Waals surface area (Å²) < 4.78 is 1.59. The Labute approximate surface area is 188 Å². The third-order valence-corrected chi connectivity index (χ3v) is 5.38. The third kappa shape index (κ3) is 4.28. The molecule has 8 heteroatoms. The number of amides is 1. The van der Waals surface area contributed by atoms with Gasteiger partial charge in [-0.25, -0.2) is 4.68 Å². The van der Waals surface area contributed by atoms with Crippen LogP contribution in [0.25, 0.3) is 16.9 Å². The van der Waals surface area contributed by atoms with Crippen LogP contribution in [-0.2, 0) is 0 Å². The molecule has 30 heavy (non-hydrogen) atoms. The highest BCUT2D eigenvalue weighted by atomic mass is 35.5. The van der Waals surface area contributed by atoms with Crippen LogP contribution in [0.4, 0.5) is 11.5 Å². The maximum atomic E-state index is 12.5. The van der Waals surface area contributed by atoms with Gasteiger partial charge in [0.25, 0.3) is 5.91 Å². The Morgan fingerprint density at radius 2 is 1.67 bits per heavy atom. The van der Waals surface area contributed by atoms with Gasteiger partial charge in [-0.3, -0.25) is 4.79 Å². The molecule has 0 atom stereocenters. The van der Waals surface area contributed by atoms with Gasteiger partial charge >= 0.3 is 0 Å². The van der Waals surface area contributed by atoms with Gasteiger partial charge in [-0.2, -0.15) is 5.10 Å². The molecule has 3 aromatic carbocycles. The van der Waals surface area contributed by atoms with Gasteiger partial charge in [-0.15, -0.1) is 0 Å². The summed E-state index contributed by atoms with van der Waals surface area (Å²) in [6.07, 6.45) is 0. The zero-order valence-corrected chi connectivity index (χ0v) is 17.7. The van der Waals surface area contributed by atoms with Gasteiger partial charge in [0.15, 0.2) is 0 Å². The molecule has 0 bridgehead atoms. The van der Waals surface area contributed by atoms with E-state index in [4.69, 9.17) is 40.5 Å². The molecule has 5 nitrogen and oxygen atoms in total. The Balaban J connectivity index is 1.56. The van der Waals surface area contributed by atoms with Gasteiger partial charge in [0.2, 0.25) is 0 Å². The average molecular weight is 458 g/mol. The first-order chi connectivity index (χ1) is 14.4. The van der Waals surface area contributed by atoms with Crippen molar-refractivity contribution in [2.75, 3.05) is 11.1 Å². The Morgan fingerprint density at radius 1 is 0.900 bits per heavy atom. The lowest BCUT2D eigenvalue weighted by molar-refractivity contribution is 0.102. The van der Waals surface area contributed by atoms with Crippen LogP contribution in [0.15, 0.2) is 72.8 Å². The van der Waals surface area contributed by atoms with E-state index in [1.807, 2.05) is 6.07 Å². The fourth-order valence-corrected chi connectivity index (χ4v) is 3.41. The van der Waals surface area contributed by atoms with E-state index >= 15 is 0 Å². The first-order valence-corrected chi connectivity index (χ1v) is 10.0. The van der Waals surface area contributed by atoms with Crippen molar-refractivity contribution in [1.82, 2.24) is 9.78 Å². The monoisotopic (exact) mass is 456 g/mol. The van der Waals surface area contributed by atoms with Crippen LogP contribution in [0.5, 0.6) is 0 Å². The van der Waals surface area contributed by atoms with Gasteiger partial charge < -0.3 is 11.1 Å². The Kier molecular flexibility index (Phi) is 5.68. The smallest absolute Gasteiger partial charge is 0.255 e. The molecule has 0 fully saturated rings. The Bertz CT molecular complexity index is 1240. The lowest BCUT2D eigenvalue weighted by Gasteiger charge is -2.08. The summed E-state index contributed by atoms with van der Waals surface area (Å²) in [5, 5.41) is 8.82. The number of aromatic nitrogens is 2. The zero-order valence-electron chi connectivity index (χ0n) is 15.4. The van der Waals surface area contributed by atoms with E-state index in [9.17, 15) is 4.79 Å². The largest absolute Gasteiger partial charge is 0.384 e. The molecule has 0 spiro atoms. The number of nitrogens with two attached hydrogens (primary N) is 1. The highest BCUT2D eigenvalue weighted by Gasteiger charge is 2.12. The van der Waals surface area contributed by atoms with Crippen LogP contribution >= 0.6 is 34.8 Å². The number of anilines is 2. The molecule has 0 aliphatic heterocycles. The number of rotatable bonds is 4. The summed E-state index contributed by atoms with van der Waals surface area (Å²) in [6.45, 7) is 0. The molecule has 1 amide bonds. The highest BCUT2D eigenvalue weighted by molar-refractivity contribution is 6.42. The molecular weight excluding hydrogens is 443 g/mol. The second-order valence-corrected chi connectivity index (χ2v) is 7.76. The van der Waals surface area contributed by atoms with Crippen LogP contribution in [0.3, 0.4) is 0 Å². The maximum Gasteiger partial charge on any atom is 0.255 e. The lowest BCUT2D eigenvalue weighted by Crippen LogP contribution is -2.12. The summed E-state index contributed by atoms with van der Waals surface area (Å²) in [4.78, 5) is 12.5. The van der Waals surface area contributed by atoms with Crippen molar-refractivity contribution < 1.29 is 4.79 Å². The second kappa shape index (κ2) is 8.40. The van der Waals surface area contributed by atoms with Crippen molar-refractivity contribution in [3.8, 4) is 16.9 Å². The summed E-state index contributed by atoms with van der Waals surface area (Å²) in [5.41, 5.74) is 9.44. The van der Waals surface area contributed by atoms with E-state index in [-0.39, 0.29) is 5.91 Å². The van der Waals surface area contributed by atoms with Crippen LogP contribution in [0.2, 0.25) is 15.1 Å². The van der Waals surface area contributed by atoms with Crippen molar-refractivity contribution in [2.24, 2.45) is 0 Å². The molecule has 0 aliphatic carbocycles. The van der Waals surface area contributed by atoms with Crippen molar-refractivity contribution in [3.63, 3.8) is 0 Å². The van der Waals surface area contributed by atoms with Gasteiger partial charge in [0, 0.05) is 27.9 Å². The summed E-state index contributed by atoms with van der Waals surface area (Å²) in [7, 11) is 0. The fourth-order valence-electron chi connectivity index (χ4n) is 2.92. The summed E-state index contributed by atoms with van der Waals surface area (Å²) in [6, 6.07) is 20.9. The minimum atomic E-state index is -0.242. The van der Waals surface area contributed by atoms with Crippen molar-refractivity contribution in [1.29, 1.82) is 0 Å². The van der Waals surface area contributed by atoms with Gasteiger partial charge in [0.05, 0.1) is 21.4 Å². The number of nitrogens with zero attached hydrogens (tertiary/aromatic N) is 2. The molecule has 0 aliphatic rings. The number of nitrogen functional groups attached to an aromatic ring is 1. The quantitative estimate of drug-likeness (QED) is 0.376. The van der Waals surface area contributed by atoms with Crippen molar-refractivity contribution in [3.05, 3.63) is 93.4 Å². The fraction of sp³-hybridized carbons (Fsp3) is 0. The molecule has 0 saturated heterocycles. The predicted molar refractivity (Wildman–Crippen MR) is 123 cm³/mol. The molecule has 0 saturated carbocycles. The number of halogens is 3. The standard InChI is InChI=1S/C22H15Cl3N4O/c23-15-2-1-3-16(11-15)27-22(30)13-4-7-17(8-5-13)29-21(26)12-20(28-29)14-6-9-18(24)19(25)10-14/h1-12H,26H2,(H,27,30). The number of nitrogens with one attached hydrogen (secondary N) is 1. The molecule has 0 radical (unpaired) electrons. The van der Waals surface area contributed by atoms with Crippen molar-refractivity contribution >= 4 is 52.2 Å². The molecule has 3 N–H and O–H groups in total. The minimum Gasteiger partial charge on any atom is -0.384 e. The highest BCUT2D eigenvalue weighted by Crippen LogP contribution is 2.29. The first kappa shape index (κ1) is 20.3. The summed E-state index contributed by atoms with van der Waals surface area (Å²) in [5.74, 6) is 0.209. The lowest BCUT2D eigenvalue weighted by atomic mass is 10.1. The van der Waals surface area contributed by atoms with Crippen LogP contribution in [0, 0.1) is 0 Å². The minimum absolute atomic E-state index is 0.242. The van der Waals surface area contributed by atoms with E-state index in [1.54, 1.807) is 71.4 Å². The number of carbonyl (C=O) groups excluding carboxylic acids is 1. The van der Waals surface area contributed by atoms with Crippen molar-refractivity contribution in [2.45, 2.75) is 0 Å². The molecule has 0 unspecified atom stereocenters. The Hall–Kier alpha value is -2.99. The molecular formula is C22H15Cl3N4O. The number of hydrogen-bond donors (Lipinski definition) is 2. The second-order valence-electron chi connectivity index (χ2n) is 6.51. The molecule has 1 heterocycles. The molecule has 4 aromatic rings. The van der Waals surface area contributed by atoms with E-state index in [1.165, 1.54) is 0 Å². The van der Waals surface area contributed by atoms with E-state index in [0.29, 0.717) is 37.8 Å². The number of carbonyl (C=O) groups is 1. The zero-order chi connectivity index (χ0) is 21.3. The number of hydrogen-bond acceptors (Lipinski definition) is 3. The SMILES string of the molecule is Nc1cc(-c2ccc(Cl)c(Cl)c2)nn1-c1ccc(C(=O)Nc2cccc(Cl)c2)cc1. The van der Waals surface area contributed by atoms with Gasteiger partial charge in [-0.05, 0) is 54.6 Å². The topological polar surface area (TPSA) is 72.9 Å². The van der Waals surface area contributed by atoms with Crippen LogP contribution < -0.4 is 11.1 Å². The predicted octanol–water partition coefficient (Wildman–Crippen LogP) is 6.33. The maximum absolute atomic E-state index is 12.5. The molecule has 1 aromatic heterocycles. The van der Waals surface area contributed by atoms with E-state index in [0.717, 1.165) is 11.3 Å². The van der Waals surface area contributed by atoms with E-state index < -0.39 is 0 Å². The van der Waals surface area contributed by atoms with Gasteiger partial charge in [0.1, 0.15) is 5.82 Å². The molecule has 4 rings (SSSR count). The Morgan fingerprint density at radius 3 is 2.37 bits per heavy atom. The molecule has 150 valence electrons. The summed E-state index contributed by atoms with van der Waals surface area (Å²) >= 11 is 18.0. The van der Waals surface area contributed by atoms with E-state index in [2.05, 4.69) is 10.4 Å². The third-order valence-electron chi connectivity index (χ3n) is 4.41. The first-order valence-electron chi connectivity index (χ1n) is 8.89. The van der Waals surface area contributed by atoms with Gasteiger partial charge in [-0.1, -0.05) is 46.9 Å². The normalized spacial score (nSPS) is 10.8. The van der Waals surface area contributed by atoms with Crippen LogP contribution in [0.1, 0.15) is 10.4 Å². The number of benzene rings is 3.